The smallest absolute Gasteiger partial charge is 0.259 e. The van der Waals surface area contributed by atoms with Gasteiger partial charge in [0.05, 0.1) is 30.1 Å². The first-order chi connectivity index (χ1) is 39.2. The average Bonchev–Trinajstić information content (AvgIpc) is 4.40. The fourth-order valence-corrected chi connectivity index (χ4v) is 16.3. The van der Waals surface area contributed by atoms with E-state index in [1.807, 2.05) is 22.7 Å². The van der Waals surface area contributed by atoms with Gasteiger partial charge >= 0.3 is 0 Å². The van der Waals surface area contributed by atoms with Gasteiger partial charge in [0.2, 0.25) is 0 Å². The molecule has 4 heterocycles. The number of anilines is 2. The predicted molar refractivity (Wildman–Crippen MR) is 361 cm³/mol. The number of hydrogen-bond acceptors (Lipinski definition) is 4. The summed E-state index contributed by atoms with van der Waals surface area (Å²) in [6.45, 7) is 15.2. The van der Waals surface area contributed by atoms with Crippen LogP contribution in [0.25, 0.3) is 32.0 Å². The van der Waals surface area contributed by atoms with Crippen LogP contribution < -0.4 is 9.80 Å². The third-order valence-corrected chi connectivity index (χ3v) is 21.7. The van der Waals surface area contributed by atoms with Gasteiger partial charge in [-0.3, -0.25) is 9.59 Å². The van der Waals surface area contributed by atoms with Crippen LogP contribution in [0.4, 0.5) is 11.4 Å². The molecular weight excluding hydrogens is 1150 g/mol. The molecule has 0 fully saturated rings. The van der Waals surface area contributed by atoms with Gasteiger partial charge in [0.1, 0.15) is 0 Å². The van der Waals surface area contributed by atoms with Crippen molar-refractivity contribution in [2.75, 3.05) is 22.9 Å². The highest BCUT2D eigenvalue weighted by molar-refractivity contribution is 9.11. The predicted octanol–water partition coefficient (Wildman–Crippen LogP) is 24.8. The number of fused-ring (bicyclic) bond motifs is 2. The van der Waals surface area contributed by atoms with Crippen molar-refractivity contribution in [1.82, 2.24) is 0 Å². The lowest BCUT2D eigenvalue weighted by Gasteiger charge is -2.25. The normalized spacial score (nSPS) is 15.0. The number of nitrogens with zero attached hydrogens (tertiary/aromatic N) is 2. The zero-order valence-corrected chi connectivity index (χ0v) is 56.1. The van der Waals surface area contributed by atoms with E-state index in [2.05, 4.69) is 132 Å². The summed E-state index contributed by atoms with van der Waals surface area (Å²) in [6, 6.07) is 18.3. The number of carbonyl (C=O) groups excluding carboxylic acids is 2. The third kappa shape index (κ3) is 20.3. The van der Waals surface area contributed by atoms with Crippen LogP contribution in [0.15, 0.2) is 56.1 Å². The summed E-state index contributed by atoms with van der Waals surface area (Å²) in [5, 5.41) is 0. The van der Waals surface area contributed by atoms with Gasteiger partial charge in [-0.05, 0) is 142 Å². The maximum atomic E-state index is 15.9. The lowest BCUT2D eigenvalue weighted by atomic mass is 9.93. The third-order valence-electron chi connectivity index (χ3n) is 17.7. The van der Waals surface area contributed by atoms with E-state index in [-0.39, 0.29) is 11.8 Å². The molecule has 80 heavy (non-hydrogen) atoms. The van der Waals surface area contributed by atoms with Gasteiger partial charge in [0, 0.05) is 34.0 Å². The molecular formula is C72H108Br2N2O2S2. The van der Waals surface area contributed by atoms with Crippen molar-refractivity contribution in [2.24, 2.45) is 11.8 Å². The number of benzene rings is 2. The molecule has 6 rings (SSSR count). The number of carbonyl (C=O) groups is 2. The number of thiophene rings is 2. The number of amides is 2. The molecule has 2 amide bonds. The molecule has 0 bridgehead atoms. The minimum atomic E-state index is 0.0136. The Hall–Kier alpha value is -2.52. The summed E-state index contributed by atoms with van der Waals surface area (Å²) >= 11 is 11.6. The highest BCUT2D eigenvalue weighted by atomic mass is 79.9. The Balaban J connectivity index is 1.43. The molecule has 0 aliphatic carbocycles. The number of aryl methyl sites for hydroxylation is 2. The van der Waals surface area contributed by atoms with Gasteiger partial charge in [0.25, 0.3) is 11.8 Å². The summed E-state index contributed by atoms with van der Waals surface area (Å²) in [4.78, 5) is 38.7. The molecule has 0 saturated carbocycles. The highest BCUT2D eigenvalue weighted by Crippen LogP contribution is 2.51. The van der Waals surface area contributed by atoms with Crippen LogP contribution in [-0.2, 0) is 22.4 Å². The van der Waals surface area contributed by atoms with E-state index in [0.717, 1.165) is 72.2 Å². The maximum absolute atomic E-state index is 15.9. The van der Waals surface area contributed by atoms with Crippen molar-refractivity contribution in [3.05, 3.63) is 78.4 Å². The molecule has 2 aromatic carbocycles. The van der Waals surface area contributed by atoms with Crippen molar-refractivity contribution >= 4 is 88.9 Å². The number of hydrogen-bond donors (Lipinski definition) is 0. The van der Waals surface area contributed by atoms with Crippen molar-refractivity contribution < 1.29 is 9.59 Å². The molecule has 0 saturated heterocycles. The molecule has 2 aliphatic heterocycles. The van der Waals surface area contributed by atoms with Gasteiger partial charge in [-0.2, -0.15) is 0 Å². The van der Waals surface area contributed by atoms with E-state index >= 15 is 9.59 Å². The van der Waals surface area contributed by atoms with E-state index < -0.39 is 0 Å². The van der Waals surface area contributed by atoms with Crippen LogP contribution in [0.3, 0.4) is 0 Å². The quantitative estimate of drug-likeness (QED) is 0.0327. The molecule has 0 radical (unpaired) electrons. The van der Waals surface area contributed by atoms with Crippen LogP contribution in [0.2, 0.25) is 0 Å². The molecule has 4 aromatic rings. The number of unbranched alkanes of at least 4 members (excludes halogenated alkanes) is 26. The molecule has 0 N–H and O–H groups in total. The Morgan fingerprint density at radius 2 is 0.662 bits per heavy atom. The summed E-state index contributed by atoms with van der Waals surface area (Å²) < 4.78 is 2.44. The van der Waals surface area contributed by atoms with Gasteiger partial charge in [0.15, 0.2) is 0 Å². The van der Waals surface area contributed by atoms with E-state index in [1.165, 1.54) is 234 Å². The number of halogens is 2. The average molecular weight is 1260 g/mol. The molecule has 0 spiro atoms. The summed E-state index contributed by atoms with van der Waals surface area (Å²) in [7, 11) is 0. The Kier molecular flexibility index (Phi) is 31.4. The van der Waals surface area contributed by atoms with Crippen LogP contribution in [0, 0.1) is 11.8 Å². The Bertz CT molecular complexity index is 2300. The Morgan fingerprint density at radius 3 is 0.988 bits per heavy atom. The summed E-state index contributed by atoms with van der Waals surface area (Å²) in [5.41, 5.74) is 10.2. The van der Waals surface area contributed by atoms with E-state index in [9.17, 15) is 0 Å². The molecule has 2 aliphatic rings. The molecule has 8 heteroatoms. The summed E-state index contributed by atoms with van der Waals surface area (Å²) in [6.07, 6.45) is 47.3. The highest BCUT2D eigenvalue weighted by Gasteiger charge is 2.43. The Morgan fingerprint density at radius 1 is 0.375 bits per heavy atom. The van der Waals surface area contributed by atoms with E-state index in [1.54, 1.807) is 0 Å². The van der Waals surface area contributed by atoms with Gasteiger partial charge < -0.3 is 9.80 Å². The van der Waals surface area contributed by atoms with Gasteiger partial charge in [-0.15, -0.1) is 22.7 Å². The monoisotopic (exact) mass is 1250 g/mol. The molecule has 4 nitrogen and oxygen atoms in total. The second-order valence-electron chi connectivity index (χ2n) is 24.4. The van der Waals surface area contributed by atoms with E-state index in [4.69, 9.17) is 0 Å². The minimum absolute atomic E-state index is 0.0136. The standard InChI is InChI=1S/C72H108Br2N2O2S2/c1-7-13-19-25-29-35-41-55(39-33-23-17-11-5)53-75-63-49-57(65-51-59(69(73)79-65)43-37-31-27-21-15-9-3)45-47-61(63)67(71(75)77)68-62-48-46-58(66-52-60(70(74)80-66)44-38-32-28-22-16-10-4)50-64(62)76(72(68)78)54-56(40-34-24-18-12-6)42-36-30-26-20-14-8-2/h45-52,55-56H,7-44,53-54H2,1-6H3/b68-67+. The summed E-state index contributed by atoms with van der Waals surface area (Å²) in [5.74, 6) is 0.832. The van der Waals surface area contributed by atoms with E-state index in [0.29, 0.717) is 36.1 Å². The van der Waals surface area contributed by atoms with Gasteiger partial charge in [-0.25, -0.2) is 0 Å². The van der Waals surface area contributed by atoms with Crippen molar-refractivity contribution in [3.8, 4) is 20.9 Å². The fraction of sp³-hybridized carbons (Fsp3) is 0.667. The van der Waals surface area contributed by atoms with Gasteiger partial charge in [-0.1, -0.05) is 258 Å². The lowest BCUT2D eigenvalue weighted by molar-refractivity contribution is -0.114. The first-order valence-corrected chi connectivity index (χ1v) is 36.6. The molecule has 2 atom stereocenters. The zero-order valence-electron chi connectivity index (χ0n) is 51.3. The van der Waals surface area contributed by atoms with Crippen molar-refractivity contribution in [2.45, 2.75) is 286 Å². The van der Waals surface area contributed by atoms with Crippen LogP contribution in [-0.4, -0.2) is 24.9 Å². The fourth-order valence-electron chi connectivity index (χ4n) is 12.8. The van der Waals surface area contributed by atoms with Crippen LogP contribution >= 0.6 is 54.5 Å². The maximum Gasteiger partial charge on any atom is 0.259 e. The lowest BCUT2D eigenvalue weighted by Crippen LogP contribution is -2.34. The van der Waals surface area contributed by atoms with Crippen LogP contribution in [0.5, 0.6) is 0 Å². The first kappa shape index (κ1) is 66.6. The number of rotatable bonds is 44. The van der Waals surface area contributed by atoms with Crippen molar-refractivity contribution in [1.29, 1.82) is 0 Å². The van der Waals surface area contributed by atoms with Crippen molar-refractivity contribution in [3.63, 3.8) is 0 Å². The largest absolute Gasteiger partial charge is 0.307 e. The molecule has 2 unspecified atom stereocenters. The van der Waals surface area contributed by atoms with Crippen LogP contribution in [0.1, 0.15) is 295 Å². The topological polar surface area (TPSA) is 40.6 Å². The molecule has 2 aromatic heterocycles. The second kappa shape index (κ2) is 37.7. The SMILES string of the molecule is CCCCCCCCc1cc(-c2ccc3c(c2)N(CC(CCCCCC)CCCCCCCC)C(=O)/C3=C2/C(=O)N(CC(CCCCCC)CCCCCCCC)c3cc(-c4cc(CCCCCCCC)c(Br)s4)ccc32)sc1Br. The first-order valence-electron chi connectivity index (χ1n) is 33.4. The molecule has 444 valence electrons. The minimum Gasteiger partial charge on any atom is -0.307 e. The second-order valence-corrected chi connectivity index (χ2v) is 29.2. The Labute approximate surface area is 514 Å². The zero-order chi connectivity index (χ0) is 56.9.